The highest BCUT2D eigenvalue weighted by Gasteiger charge is 2.19. The van der Waals surface area contributed by atoms with E-state index in [1.807, 2.05) is 0 Å². The largest absolute Gasteiger partial charge is 0.462 e. The molecule has 0 amide bonds. The van der Waals surface area contributed by atoms with Gasteiger partial charge in [-0.1, -0.05) is 279 Å². The number of rotatable bonds is 51. The molecule has 0 aromatic rings. The van der Waals surface area contributed by atoms with E-state index in [4.69, 9.17) is 14.2 Å². The van der Waals surface area contributed by atoms with Crippen LogP contribution >= 0.6 is 0 Å². The highest BCUT2D eigenvalue weighted by molar-refractivity contribution is 5.71. The van der Waals surface area contributed by atoms with Crippen LogP contribution < -0.4 is 0 Å². The first-order valence-corrected chi connectivity index (χ1v) is 28.6. The Hall–Kier alpha value is -1.59. The molecule has 0 aliphatic carbocycles. The second kappa shape index (κ2) is 49.3. The fourth-order valence-corrected chi connectivity index (χ4v) is 8.79. The average molecular weight is 906 g/mol. The van der Waals surface area contributed by atoms with Crippen molar-refractivity contribution >= 4 is 17.9 Å². The van der Waals surface area contributed by atoms with E-state index >= 15 is 0 Å². The van der Waals surface area contributed by atoms with E-state index in [1.165, 1.54) is 199 Å². The smallest absolute Gasteiger partial charge is 0.306 e. The minimum Gasteiger partial charge on any atom is -0.462 e. The predicted molar refractivity (Wildman–Crippen MR) is 275 cm³/mol. The number of ether oxygens (including phenoxy) is 3. The lowest BCUT2D eigenvalue weighted by Gasteiger charge is -2.18. The van der Waals surface area contributed by atoms with Crippen molar-refractivity contribution in [3.05, 3.63) is 0 Å². The summed E-state index contributed by atoms with van der Waals surface area (Å²) < 4.78 is 16.9. The van der Waals surface area contributed by atoms with Gasteiger partial charge in [0.2, 0.25) is 0 Å². The van der Waals surface area contributed by atoms with Crippen LogP contribution in [0.4, 0.5) is 0 Å². The standard InChI is InChI=1S/C58H112O6/c1-7-54(6)46-40-34-28-22-15-10-8-9-11-16-23-29-35-41-47-56(59)62-50-55(51-63-57(60)48-42-36-30-24-19-18-21-27-33-39-45-53(4)5)64-58(61)49-43-37-31-25-17-13-12-14-20-26-32-38-44-52(2)3/h52-55H,7-51H2,1-6H3/t54?,55-/m0/s1. The van der Waals surface area contributed by atoms with E-state index in [0.717, 1.165) is 75.5 Å². The summed E-state index contributed by atoms with van der Waals surface area (Å²) >= 11 is 0. The molecule has 0 saturated heterocycles. The molecule has 0 N–H and O–H groups in total. The maximum atomic E-state index is 12.8. The minimum absolute atomic E-state index is 0.0637. The molecular formula is C58H112O6. The van der Waals surface area contributed by atoms with Gasteiger partial charge in [0.15, 0.2) is 6.10 Å². The van der Waals surface area contributed by atoms with Gasteiger partial charge < -0.3 is 14.2 Å². The second-order valence-corrected chi connectivity index (χ2v) is 21.1. The van der Waals surface area contributed by atoms with Crippen LogP contribution in [0, 0.1) is 17.8 Å². The Morgan fingerprint density at radius 1 is 0.312 bits per heavy atom. The molecule has 2 atom stereocenters. The number of esters is 3. The van der Waals surface area contributed by atoms with Crippen LogP contribution in [-0.4, -0.2) is 37.2 Å². The highest BCUT2D eigenvalue weighted by Crippen LogP contribution is 2.19. The van der Waals surface area contributed by atoms with Crippen molar-refractivity contribution < 1.29 is 28.6 Å². The molecule has 380 valence electrons. The van der Waals surface area contributed by atoms with Gasteiger partial charge in [0.1, 0.15) is 13.2 Å². The van der Waals surface area contributed by atoms with Crippen LogP contribution in [0.2, 0.25) is 0 Å². The van der Waals surface area contributed by atoms with Crippen LogP contribution in [0.15, 0.2) is 0 Å². The maximum Gasteiger partial charge on any atom is 0.306 e. The van der Waals surface area contributed by atoms with Crippen molar-refractivity contribution in [2.24, 2.45) is 17.8 Å². The lowest BCUT2D eigenvalue weighted by Crippen LogP contribution is -2.30. The molecule has 6 heteroatoms. The molecule has 0 aromatic carbocycles. The summed E-state index contributed by atoms with van der Waals surface area (Å²) in [5.74, 6) is 1.70. The van der Waals surface area contributed by atoms with Gasteiger partial charge in [-0.2, -0.15) is 0 Å². The molecule has 1 unspecified atom stereocenters. The van der Waals surface area contributed by atoms with Gasteiger partial charge in [-0.25, -0.2) is 0 Å². The molecule has 64 heavy (non-hydrogen) atoms. The van der Waals surface area contributed by atoms with E-state index in [-0.39, 0.29) is 31.1 Å². The van der Waals surface area contributed by atoms with Crippen LogP contribution in [0.3, 0.4) is 0 Å². The topological polar surface area (TPSA) is 78.9 Å². The van der Waals surface area contributed by atoms with Crippen molar-refractivity contribution in [3.8, 4) is 0 Å². The lowest BCUT2D eigenvalue weighted by atomic mass is 9.99. The summed E-state index contributed by atoms with van der Waals surface area (Å²) in [6, 6.07) is 0. The van der Waals surface area contributed by atoms with Gasteiger partial charge in [0.25, 0.3) is 0 Å². The Morgan fingerprint density at radius 3 is 0.812 bits per heavy atom. The first kappa shape index (κ1) is 62.4. The van der Waals surface area contributed by atoms with Crippen LogP contribution in [0.5, 0.6) is 0 Å². The molecule has 0 aliphatic rings. The van der Waals surface area contributed by atoms with Gasteiger partial charge in [0, 0.05) is 19.3 Å². The molecule has 0 heterocycles. The SMILES string of the molecule is CCC(C)CCCCCCCCCCCCCCCCC(=O)OC[C@@H](COC(=O)CCCCCCCCCCCCC(C)C)OC(=O)CCCCCCCCCCCCCCC(C)C. The first-order valence-electron chi connectivity index (χ1n) is 28.6. The average Bonchev–Trinajstić information content (AvgIpc) is 3.27. The zero-order chi connectivity index (χ0) is 47.0. The summed E-state index contributed by atoms with van der Waals surface area (Å²) in [4.78, 5) is 38.1. The summed E-state index contributed by atoms with van der Waals surface area (Å²) in [6.45, 7) is 13.8. The highest BCUT2D eigenvalue weighted by atomic mass is 16.6. The summed E-state index contributed by atoms with van der Waals surface area (Å²) in [5.41, 5.74) is 0. The van der Waals surface area contributed by atoms with Crippen molar-refractivity contribution in [2.45, 2.75) is 324 Å². The quantitative estimate of drug-likeness (QED) is 0.0344. The Bertz CT molecular complexity index is 993. The number of hydrogen-bond donors (Lipinski definition) is 0. The van der Waals surface area contributed by atoms with Crippen molar-refractivity contribution in [3.63, 3.8) is 0 Å². The molecule has 0 aromatic heterocycles. The fraction of sp³-hybridized carbons (Fsp3) is 0.948. The van der Waals surface area contributed by atoms with Gasteiger partial charge >= 0.3 is 17.9 Å². The maximum absolute atomic E-state index is 12.8. The van der Waals surface area contributed by atoms with Gasteiger partial charge in [-0.3, -0.25) is 14.4 Å². The van der Waals surface area contributed by atoms with E-state index in [1.54, 1.807) is 0 Å². The Balaban J connectivity index is 4.30. The van der Waals surface area contributed by atoms with Gasteiger partial charge in [0.05, 0.1) is 0 Å². The molecule has 0 fully saturated rings. The number of carbonyl (C=O) groups excluding carboxylic acids is 3. The molecule has 0 spiro atoms. The number of carbonyl (C=O) groups is 3. The minimum atomic E-state index is -0.763. The molecule has 0 radical (unpaired) electrons. The molecular weight excluding hydrogens is 793 g/mol. The Labute approximate surface area is 399 Å². The summed E-state index contributed by atoms with van der Waals surface area (Å²) in [6.07, 6.45) is 50.9. The zero-order valence-corrected chi connectivity index (χ0v) is 44.1. The molecule has 0 rings (SSSR count). The normalized spacial score (nSPS) is 12.6. The van der Waals surface area contributed by atoms with Crippen molar-refractivity contribution in [1.82, 2.24) is 0 Å². The van der Waals surface area contributed by atoms with E-state index in [2.05, 4.69) is 41.5 Å². The Kier molecular flexibility index (Phi) is 48.1. The lowest BCUT2D eigenvalue weighted by molar-refractivity contribution is -0.167. The summed E-state index contributed by atoms with van der Waals surface area (Å²) in [7, 11) is 0. The van der Waals surface area contributed by atoms with Crippen molar-refractivity contribution in [1.29, 1.82) is 0 Å². The third kappa shape index (κ3) is 49.8. The van der Waals surface area contributed by atoms with Crippen LogP contribution in [0.25, 0.3) is 0 Å². The Morgan fingerprint density at radius 2 is 0.547 bits per heavy atom. The van der Waals surface area contributed by atoms with E-state index in [0.29, 0.717) is 19.3 Å². The fourth-order valence-electron chi connectivity index (χ4n) is 8.79. The molecule has 0 aliphatic heterocycles. The molecule has 0 bridgehead atoms. The van der Waals surface area contributed by atoms with Crippen LogP contribution in [-0.2, 0) is 28.6 Å². The van der Waals surface area contributed by atoms with Crippen molar-refractivity contribution in [2.75, 3.05) is 13.2 Å². The van der Waals surface area contributed by atoms with Gasteiger partial charge in [-0.05, 0) is 37.0 Å². The zero-order valence-electron chi connectivity index (χ0n) is 44.1. The first-order chi connectivity index (χ1) is 31.1. The third-order valence-electron chi connectivity index (χ3n) is 13.5. The predicted octanol–water partition coefficient (Wildman–Crippen LogP) is 18.7. The van der Waals surface area contributed by atoms with Crippen LogP contribution in [0.1, 0.15) is 318 Å². The monoisotopic (exact) mass is 905 g/mol. The summed E-state index contributed by atoms with van der Waals surface area (Å²) in [5, 5.41) is 0. The molecule has 0 saturated carbocycles. The number of unbranched alkanes of at least 4 members (excludes halogenated alkanes) is 33. The number of hydrogen-bond acceptors (Lipinski definition) is 6. The molecule has 6 nitrogen and oxygen atoms in total. The second-order valence-electron chi connectivity index (χ2n) is 21.1. The van der Waals surface area contributed by atoms with E-state index in [9.17, 15) is 14.4 Å². The van der Waals surface area contributed by atoms with E-state index < -0.39 is 6.10 Å². The van der Waals surface area contributed by atoms with Gasteiger partial charge in [-0.15, -0.1) is 0 Å². The third-order valence-corrected chi connectivity index (χ3v) is 13.5.